The van der Waals surface area contributed by atoms with Crippen molar-refractivity contribution in [3.8, 4) is 5.75 Å². The topological polar surface area (TPSA) is 9.23 Å². The molecule has 0 N–H and O–H groups in total. The Balaban J connectivity index is 1.86. The van der Waals surface area contributed by atoms with Gasteiger partial charge in [0.1, 0.15) is 5.75 Å². The molecule has 0 heterocycles. The van der Waals surface area contributed by atoms with Gasteiger partial charge < -0.3 is 4.74 Å². The van der Waals surface area contributed by atoms with Crippen LogP contribution in [0.5, 0.6) is 5.75 Å². The lowest BCUT2D eigenvalue weighted by Crippen LogP contribution is -2.11. The largest absolute Gasteiger partial charge is 0.493 e. The van der Waals surface area contributed by atoms with Gasteiger partial charge in [-0.05, 0) is 36.5 Å². The highest BCUT2D eigenvalue weighted by Crippen LogP contribution is 2.18. The molecule has 0 amide bonds. The Labute approximate surface area is 109 Å². The minimum Gasteiger partial charge on any atom is -0.493 e. The van der Waals surface area contributed by atoms with Gasteiger partial charge in [-0.25, -0.2) is 0 Å². The van der Waals surface area contributed by atoms with Crippen molar-refractivity contribution in [2.45, 2.75) is 20.3 Å². The van der Waals surface area contributed by atoms with E-state index in [1.165, 1.54) is 11.1 Å². The van der Waals surface area contributed by atoms with E-state index in [9.17, 15) is 0 Å². The molecule has 0 saturated heterocycles. The van der Waals surface area contributed by atoms with E-state index in [-0.39, 0.29) is 0 Å². The number of aryl methyl sites for hydroxylation is 1. The Kier molecular flexibility index (Phi) is 4.40. The highest BCUT2D eigenvalue weighted by molar-refractivity contribution is 5.31. The summed E-state index contributed by atoms with van der Waals surface area (Å²) in [7, 11) is 0. The van der Waals surface area contributed by atoms with Gasteiger partial charge in [-0.15, -0.1) is 0 Å². The predicted molar refractivity (Wildman–Crippen MR) is 76.0 cm³/mol. The normalized spacial score (nSPS) is 12.1. The Morgan fingerprint density at radius 3 is 2.33 bits per heavy atom. The quantitative estimate of drug-likeness (QED) is 0.759. The lowest BCUT2D eigenvalue weighted by Gasteiger charge is -2.14. The first kappa shape index (κ1) is 12.7. The van der Waals surface area contributed by atoms with Gasteiger partial charge in [0, 0.05) is 0 Å². The van der Waals surface area contributed by atoms with E-state index < -0.39 is 0 Å². The van der Waals surface area contributed by atoms with Gasteiger partial charge in [-0.1, -0.05) is 55.5 Å². The van der Waals surface area contributed by atoms with E-state index >= 15 is 0 Å². The van der Waals surface area contributed by atoms with Crippen molar-refractivity contribution in [2.24, 2.45) is 5.92 Å². The minimum atomic E-state index is 0.520. The Morgan fingerprint density at radius 1 is 0.944 bits per heavy atom. The monoisotopic (exact) mass is 240 g/mol. The minimum absolute atomic E-state index is 0.520. The molecular formula is C17H20O. The molecule has 2 rings (SSSR count). The highest BCUT2D eigenvalue weighted by atomic mass is 16.5. The van der Waals surface area contributed by atoms with Gasteiger partial charge in [0.05, 0.1) is 6.61 Å². The summed E-state index contributed by atoms with van der Waals surface area (Å²) in [5, 5.41) is 0. The fraction of sp³-hybridized carbons (Fsp3) is 0.294. The predicted octanol–water partition coefficient (Wildman–Crippen LogP) is 4.25. The van der Waals surface area contributed by atoms with Crippen molar-refractivity contribution in [3.05, 3.63) is 65.7 Å². The van der Waals surface area contributed by atoms with Crippen molar-refractivity contribution >= 4 is 0 Å². The molecule has 1 nitrogen and oxygen atoms in total. The Hall–Kier alpha value is -1.76. The number of hydrogen-bond acceptors (Lipinski definition) is 1. The molecular weight excluding hydrogens is 220 g/mol. The second-order valence-electron chi connectivity index (χ2n) is 4.87. The van der Waals surface area contributed by atoms with Crippen molar-refractivity contribution in [2.75, 3.05) is 6.61 Å². The molecule has 0 spiro atoms. The maximum Gasteiger partial charge on any atom is 0.122 e. The van der Waals surface area contributed by atoms with Gasteiger partial charge in [0.25, 0.3) is 0 Å². The summed E-state index contributed by atoms with van der Waals surface area (Å²) >= 11 is 0. The van der Waals surface area contributed by atoms with E-state index in [0.717, 1.165) is 18.8 Å². The Bertz CT molecular complexity index is 476. The molecule has 1 atom stereocenters. The van der Waals surface area contributed by atoms with E-state index in [1.807, 2.05) is 18.2 Å². The van der Waals surface area contributed by atoms with Crippen molar-refractivity contribution in [1.29, 1.82) is 0 Å². The van der Waals surface area contributed by atoms with Gasteiger partial charge in [-0.3, -0.25) is 0 Å². The summed E-state index contributed by atoms with van der Waals surface area (Å²) in [5.74, 6) is 1.52. The molecule has 0 aliphatic carbocycles. The van der Waals surface area contributed by atoms with Crippen LogP contribution in [0, 0.1) is 12.8 Å². The van der Waals surface area contributed by atoms with E-state index in [1.54, 1.807) is 0 Å². The second kappa shape index (κ2) is 6.25. The van der Waals surface area contributed by atoms with E-state index in [4.69, 9.17) is 4.74 Å². The van der Waals surface area contributed by atoms with Gasteiger partial charge in [0.2, 0.25) is 0 Å². The molecule has 0 aromatic heterocycles. The molecule has 1 heteroatoms. The van der Waals surface area contributed by atoms with Crippen LogP contribution in [0.4, 0.5) is 0 Å². The van der Waals surface area contributed by atoms with Crippen LogP contribution >= 0.6 is 0 Å². The molecule has 0 bridgehead atoms. The van der Waals surface area contributed by atoms with Crippen molar-refractivity contribution in [1.82, 2.24) is 0 Å². The fourth-order valence-corrected chi connectivity index (χ4v) is 2.03. The SMILES string of the molecule is Cc1ccccc1OC[C@@H](C)Cc1ccccc1. The molecule has 2 aromatic carbocycles. The first-order valence-electron chi connectivity index (χ1n) is 6.48. The standard InChI is InChI=1S/C17H20O/c1-14(12-16-9-4-3-5-10-16)13-18-17-11-7-6-8-15(17)2/h3-11,14H,12-13H2,1-2H3/t14-/m0/s1. The van der Waals surface area contributed by atoms with Crippen LogP contribution in [-0.2, 0) is 6.42 Å². The molecule has 18 heavy (non-hydrogen) atoms. The summed E-state index contributed by atoms with van der Waals surface area (Å²) in [6.07, 6.45) is 1.06. The second-order valence-corrected chi connectivity index (χ2v) is 4.87. The number of para-hydroxylation sites is 1. The number of ether oxygens (including phenoxy) is 1. The number of rotatable bonds is 5. The van der Waals surface area contributed by atoms with Crippen LogP contribution in [0.25, 0.3) is 0 Å². The van der Waals surface area contributed by atoms with Crippen LogP contribution in [-0.4, -0.2) is 6.61 Å². The average Bonchev–Trinajstić information content (AvgIpc) is 2.39. The van der Waals surface area contributed by atoms with Gasteiger partial charge >= 0.3 is 0 Å². The third-order valence-corrected chi connectivity index (χ3v) is 3.04. The molecule has 0 unspecified atom stereocenters. The summed E-state index contributed by atoms with van der Waals surface area (Å²) < 4.78 is 5.87. The first-order valence-corrected chi connectivity index (χ1v) is 6.48. The van der Waals surface area contributed by atoms with Crippen LogP contribution < -0.4 is 4.74 Å². The van der Waals surface area contributed by atoms with Crippen molar-refractivity contribution in [3.63, 3.8) is 0 Å². The fourth-order valence-electron chi connectivity index (χ4n) is 2.03. The maximum atomic E-state index is 5.87. The van der Waals surface area contributed by atoms with Crippen LogP contribution in [0.1, 0.15) is 18.1 Å². The van der Waals surface area contributed by atoms with Crippen LogP contribution in [0.2, 0.25) is 0 Å². The van der Waals surface area contributed by atoms with E-state index in [0.29, 0.717) is 5.92 Å². The van der Waals surface area contributed by atoms with Gasteiger partial charge in [0.15, 0.2) is 0 Å². The lowest BCUT2D eigenvalue weighted by atomic mass is 10.0. The highest BCUT2D eigenvalue weighted by Gasteiger charge is 2.05. The van der Waals surface area contributed by atoms with Crippen LogP contribution in [0.3, 0.4) is 0 Å². The maximum absolute atomic E-state index is 5.87. The zero-order chi connectivity index (χ0) is 12.8. The summed E-state index contributed by atoms with van der Waals surface area (Å²) in [6.45, 7) is 5.07. The van der Waals surface area contributed by atoms with Gasteiger partial charge in [-0.2, -0.15) is 0 Å². The number of benzene rings is 2. The molecule has 0 saturated carbocycles. The third-order valence-electron chi connectivity index (χ3n) is 3.04. The third kappa shape index (κ3) is 3.63. The summed E-state index contributed by atoms with van der Waals surface area (Å²) in [4.78, 5) is 0. The lowest BCUT2D eigenvalue weighted by molar-refractivity contribution is 0.258. The van der Waals surface area contributed by atoms with Crippen molar-refractivity contribution < 1.29 is 4.74 Å². The molecule has 0 aliphatic heterocycles. The molecule has 0 aliphatic rings. The Morgan fingerprint density at radius 2 is 1.61 bits per heavy atom. The summed E-state index contributed by atoms with van der Waals surface area (Å²) in [6, 6.07) is 18.7. The first-order chi connectivity index (χ1) is 8.75. The zero-order valence-corrected chi connectivity index (χ0v) is 11.1. The average molecular weight is 240 g/mol. The number of hydrogen-bond donors (Lipinski definition) is 0. The van der Waals surface area contributed by atoms with Crippen LogP contribution in [0.15, 0.2) is 54.6 Å². The zero-order valence-electron chi connectivity index (χ0n) is 11.1. The molecule has 2 aromatic rings. The molecule has 0 fully saturated rings. The smallest absolute Gasteiger partial charge is 0.122 e. The molecule has 94 valence electrons. The summed E-state index contributed by atoms with van der Waals surface area (Å²) in [5.41, 5.74) is 2.57. The molecule has 0 radical (unpaired) electrons. The van der Waals surface area contributed by atoms with E-state index in [2.05, 4.69) is 50.2 Å².